The Labute approximate surface area is 115 Å². The Morgan fingerprint density at radius 3 is 2.67 bits per heavy atom. The quantitative estimate of drug-likeness (QED) is 0.930. The van der Waals surface area contributed by atoms with E-state index >= 15 is 0 Å². The first-order valence-corrected chi connectivity index (χ1v) is 6.40. The van der Waals surface area contributed by atoms with Crippen molar-refractivity contribution in [3.63, 3.8) is 0 Å². The molecule has 0 fully saturated rings. The molecule has 0 bridgehead atoms. The minimum absolute atomic E-state index is 0.0592. The second kappa shape index (κ2) is 6.41. The molecule has 0 radical (unpaired) electrons. The van der Waals surface area contributed by atoms with Crippen LogP contribution in [0.5, 0.6) is 5.75 Å². The Kier molecular flexibility index (Phi) is 5.17. The van der Waals surface area contributed by atoms with Crippen molar-refractivity contribution in [2.75, 3.05) is 0 Å². The van der Waals surface area contributed by atoms with Gasteiger partial charge in [-0.05, 0) is 39.0 Å². The van der Waals surface area contributed by atoms with Crippen LogP contribution in [-0.2, 0) is 4.79 Å². The van der Waals surface area contributed by atoms with Crippen LogP contribution in [0.3, 0.4) is 0 Å². The van der Waals surface area contributed by atoms with Crippen molar-refractivity contribution in [3.05, 3.63) is 28.2 Å². The number of rotatable bonds is 4. The number of hydrogen-bond donors (Lipinski definition) is 1. The number of carbonyl (C=O) groups excluding carboxylic acids is 1. The second-order valence-corrected chi connectivity index (χ2v) is 5.09. The first-order chi connectivity index (χ1) is 8.43. The number of amides is 1. The molecule has 0 saturated heterocycles. The Morgan fingerprint density at radius 1 is 1.44 bits per heavy atom. The molecule has 1 N–H and O–H groups in total. The zero-order valence-corrected chi connectivity index (χ0v) is 12.1. The highest BCUT2D eigenvalue weighted by Crippen LogP contribution is 2.23. The Morgan fingerprint density at radius 2 is 2.11 bits per heavy atom. The zero-order valence-electron chi connectivity index (χ0n) is 10.5. The number of halogens is 1. The first-order valence-electron chi connectivity index (χ1n) is 5.60. The van der Waals surface area contributed by atoms with Crippen molar-refractivity contribution in [1.82, 2.24) is 5.32 Å². The summed E-state index contributed by atoms with van der Waals surface area (Å²) in [6.07, 6.45) is -0.638. The van der Waals surface area contributed by atoms with Gasteiger partial charge >= 0.3 is 0 Å². The molecule has 1 aromatic rings. The third-order valence-corrected chi connectivity index (χ3v) is 2.66. The molecule has 1 aromatic carbocycles. The molecule has 0 heterocycles. The Bertz CT molecular complexity index is 480. The summed E-state index contributed by atoms with van der Waals surface area (Å²) >= 11 is 3.28. The molecule has 1 amide bonds. The molecule has 0 aromatic heterocycles. The number of nitrogens with zero attached hydrogens (tertiary/aromatic N) is 1. The standard InChI is InChI=1S/C13H15BrN2O2/c1-8(2)16-13(17)9(3)18-12-5-4-11(14)6-10(12)7-15/h4-6,8-9H,1-3H3,(H,16,17). The molecular weight excluding hydrogens is 296 g/mol. The SMILES string of the molecule is CC(C)NC(=O)C(C)Oc1ccc(Br)cc1C#N. The molecule has 1 atom stereocenters. The zero-order chi connectivity index (χ0) is 13.7. The summed E-state index contributed by atoms with van der Waals surface area (Å²) in [4.78, 5) is 11.7. The molecule has 18 heavy (non-hydrogen) atoms. The summed E-state index contributed by atoms with van der Waals surface area (Å²) in [7, 11) is 0. The van der Waals surface area contributed by atoms with Gasteiger partial charge < -0.3 is 10.1 Å². The lowest BCUT2D eigenvalue weighted by Crippen LogP contribution is -2.40. The Balaban J connectivity index is 2.79. The van der Waals surface area contributed by atoms with E-state index in [4.69, 9.17) is 10.00 Å². The van der Waals surface area contributed by atoms with Crippen molar-refractivity contribution in [2.45, 2.75) is 32.9 Å². The lowest BCUT2D eigenvalue weighted by molar-refractivity contribution is -0.127. The van der Waals surface area contributed by atoms with Crippen LogP contribution < -0.4 is 10.1 Å². The fraction of sp³-hybridized carbons (Fsp3) is 0.385. The molecule has 0 spiro atoms. The summed E-state index contributed by atoms with van der Waals surface area (Å²) in [5.74, 6) is 0.212. The number of nitriles is 1. The summed E-state index contributed by atoms with van der Waals surface area (Å²) < 4.78 is 6.30. The van der Waals surface area contributed by atoms with Gasteiger partial charge in [0.25, 0.3) is 5.91 Å². The molecule has 5 heteroatoms. The third kappa shape index (κ3) is 4.04. The van der Waals surface area contributed by atoms with Gasteiger partial charge in [-0.15, -0.1) is 0 Å². The number of carbonyl (C=O) groups is 1. The van der Waals surface area contributed by atoms with Gasteiger partial charge in [-0.1, -0.05) is 15.9 Å². The first kappa shape index (κ1) is 14.5. The normalized spacial score (nSPS) is 11.8. The molecular formula is C13H15BrN2O2. The average molecular weight is 311 g/mol. The number of nitrogens with one attached hydrogen (secondary N) is 1. The van der Waals surface area contributed by atoms with Crippen molar-refractivity contribution in [1.29, 1.82) is 5.26 Å². The predicted molar refractivity (Wildman–Crippen MR) is 72.2 cm³/mol. The maximum Gasteiger partial charge on any atom is 0.260 e. The smallest absolute Gasteiger partial charge is 0.260 e. The highest BCUT2D eigenvalue weighted by Gasteiger charge is 2.17. The van der Waals surface area contributed by atoms with E-state index < -0.39 is 6.10 Å². The van der Waals surface area contributed by atoms with E-state index in [9.17, 15) is 4.79 Å². The van der Waals surface area contributed by atoms with Crippen LogP contribution in [0.4, 0.5) is 0 Å². The van der Waals surface area contributed by atoms with E-state index in [0.29, 0.717) is 11.3 Å². The van der Waals surface area contributed by atoms with Gasteiger partial charge in [0.05, 0.1) is 5.56 Å². The van der Waals surface area contributed by atoms with E-state index in [-0.39, 0.29) is 11.9 Å². The number of hydrogen-bond acceptors (Lipinski definition) is 3. The predicted octanol–water partition coefficient (Wildman–Crippen LogP) is 2.61. The summed E-state index contributed by atoms with van der Waals surface area (Å²) in [5.41, 5.74) is 0.397. The van der Waals surface area contributed by atoms with Gasteiger partial charge in [0.1, 0.15) is 11.8 Å². The fourth-order valence-corrected chi connectivity index (χ4v) is 1.70. The van der Waals surface area contributed by atoms with Crippen molar-refractivity contribution in [3.8, 4) is 11.8 Å². The van der Waals surface area contributed by atoms with E-state index in [0.717, 1.165) is 4.47 Å². The van der Waals surface area contributed by atoms with Crippen LogP contribution in [0, 0.1) is 11.3 Å². The lowest BCUT2D eigenvalue weighted by Gasteiger charge is -2.17. The minimum Gasteiger partial charge on any atom is -0.480 e. The molecule has 0 aliphatic rings. The van der Waals surface area contributed by atoms with Gasteiger partial charge in [0.15, 0.2) is 6.10 Å². The fourth-order valence-electron chi connectivity index (χ4n) is 1.34. The van der Waals surface area contributed by atoms with E-state index in [1.807, 2.05) is 19.9 Å². The van der Waals surface area contributed by atoms with Crippen LogP contribution in [0.15, 0.2) is 22.7 Å². The average Bonchev–Trinajstić information content (AvgIpc) is 2.30. The molecule has 0 aliphatic carbocycles. The van der Waals surface area contributed by atoms with Crippen LogP contribution in [0.1, 0.15) is 26.3 Å². The van der Waals surface area contributed by atoms with Crippen LogP contribution in [-0.4, -0.2) is 18.1 Å². The maximum atomic E-state index is 11.7. The van der Waals surface area contributed by atoms with Crippen molar-refractivity contribution < 1.29 is 9.53 Å². The van der Waals surface area contributed by atoms with E-state index in [2.05, 4.69) is 21.2 Å². The largest absolute Gasteiger partial charge is 0.480 e. The lowest BCUT2D eigenvalue weighted by atomic mass is 10.2. The summed E-state index contributed by atoms with van der Waals surface area (Å²) in [6, 6.07) is 7.18. The summed E-state index contributed by atoms with van der Waals surface area (Å²) in [6.45, 7) is 5.41. The van der Waals surface area contributed by atoms with E-state index in [1.54, 1.807) is 25.1 Å². The summed E-state index contributed by atoms with van der Waals surface area (Å²) in [5, 5.41) is 11.7. The molecule has 0 aliphatic heterocycles. The molecule has 0 saturated carbocycles. The van der Waals surface area contributed by atoms with E-state index in [1.165, 1.54) is 0 Å². The van der Waals surface area contributed by atoms with Gasteiger partial charge in [-0.3, -0.25) is 4.79 Å². The third-order valence-electron chi connectivity index (χ3n) is 2.17. The van der Waals surface area contributed by atoms with Crippen LogP contribution in [0.25, 0.3) is 0 Å². The molecule has 4 nitrogen and oxygen atoms in total. The molecule has 96 valence electrons. The Hall–Kier alpha value is -1.54. The van der Waals surface area contributed by atoms with Gasteiger partial charge in [-0.25, -0.2) is 0 Å². The van der Waals surface area contributed by atoms with Crippen LogP contribution in [0.2, 0.25) is 0 Å². The van der Waals surface area contributed by atoms with Gasteiger partial charge in [0.2, 0.25) is 0 Å². The van der Waals surface area contributed by atoms with Gasteiger partial charge in [-0.2, -0.15) is 5.26 Å². The number of benzene rings is 1. The second-order valence-electron chi connectivity index (χ2n) is 4.18. The number of ether oxygens (including phenoxy) is 1. The van der Waals surface area contributed by atoms with Crippen molar-refractivity contribution >= 4 is 21.8 Å². The van der Waals surface area contributed by atoms with Crippen molar-refractivity contribution in [2.24, 2.45) is 0 Å². The van der Waals surface area contributed by atoms with Crippen LogP contribution >= 0.6 is 15.9 Å². The minimum atomic E-state index is -0.638. The van der Waals surface area contributed by atoms with Gasteiger partial charge in [0, 0.05) is 10.5 Å². The molecule has 1 rings (SSSR count). The maximum absolute atomic E-state index is 11.7. The monoisotopic (exact) mass is 310 g/mol. The topological polar surface area (TPSA) is 62.1 Å². The highest BCUT2D eigenvalue weighted by molar-refractivity contribution is 9.10. The molecule has 1 unspecified atom stereocenters. The highest BCUT2D eigenvalue weighted by atomic mass is 79.9.